The van der Waals surface area contributed by atoms with Gasteiger partial charge in [0.15, 0.2) is 17.5 Å². The highest BCUT2D eigenvalue weighted by Crippen LogP contribution is 2.41. The Morgan fingerprint density at radius 2 is 0.941 bits per heavy atom. The molecule has 10 aromatic rings. The first-order valence-corrected chi connectivity index (χ1v) is 17.0. The van der Waals surface area contributed by atoms with Gasteiger partial charge in [-0.2, -0.15) is 0 Å². The van der Waals surface area contributed by atoms with Crippen LogP contribution in [0.15, 0.2) is 175 Å². The van der Waals surface area contributed by atoms with E-state index in [0.29, 0.717) is 17.5 Å². The van der Waals surface area contributed by atoms with Gasteiger partial charge in [-0.25, -0.2) is 15.0 Å². The van der Waals surface area contributed by atoms with Gasteiger partial charge in [-0.05, 0) is 63.2 Å². The van der Waals surface area contributed by atoms with Crippen molar-refractivity contribution in [1.29, 1.82) is 0 Å². The summed E-state index contributed by atoms with van der Waals surface area (Å²) in [5, 5.41) is 6.91. The second-order valence-corrected chi connectivity index (χ2v) is 12.7. The maximum absolute atomic E-state index is 6.56. The molecule has 0 aliphatic carbocycles. The molecule has 0 unspecified atom stereocenters. The van der Waals surface area contributed by atoms with Gasteiger partial charge >= 0.3 is 0 Å². The highest BCUT2D eigenvalue weighted by atomic mass is 16.3. The summed E-state index contributed by atoms with van der Waals surface area (Å²) in [5.74, 6) is 1.90. The van der Waals surface area contributed by atoms with E-state index in [-0.39, 0.29) is 0 Å². The zero-order valence-corrected chi connectivity index (χ0v) is 27.4. The van der Waals surface area contributed by atoms with E-state index >= 15 is 0 Å². The molecule has 238 valence electrons. The molecule has 0 radical (unpaired) electrons. The van der Waals surface area contributed by atoms with E-state index < -0.39 is 0 Å². The van der Waals surface area contributed by atoms with Crippen LogP contribution < -0.4 is 0 Å². The lowest BCUT2D eigenvalue weighted by Crippen LogP contribution is -2.00. The molecule has 3 heterocycles. The molecular weight excluding hydrogens is 625 g/mol. The summed E-state index contributed by atoms with van der Waals surface area (Å²) in [6.07, 6.45) is 3.79. The van der Waals surface area contributed by atoms with Gasteiger partial charge < -0.3 is 4.42 Å². The molecule has 10 rings (SSSR count). The van der Waals surface area contributed by atoms with Crippen molar-refractivity contribution in [1.82, 2.24) is 19.9 Å². The molecule has 51 heavy (non-hydrogen) atoms. The van der Waals surface area contributed by atoms with Crippen LogP contribution >= 0.6 is 0 Å². The summed E-state index contributed by atoms with van der Waals surface area (Å²) in [4.78, 5) is 19.1. The Labute approximate surface area is 293 Å². The van der Waals surface area contributed by atoms with E-state index in [1.54, 1.807) is 0 Å². The van der Waals surface area contributed by atoms with Crippen molar-refractivity contribution >= 4 is 43.5 Å². The van der Waals surface area contributed by atoms with Crippen LogP contribution in [-0.2, 0) is 0 Å². The van der Waals surface area contributed by atoms with Gasteiger partial charge in [-0.3, -0.25) is 4.98 Å². The maximum atomic E-state index is 6.56. The monoisotopic (exact) mass is 652 g/mol. The number of fused-ring (bicyclic) bond motifs is 6. The third-order valence-electron chi connectivity index (χ3n) is 9.60. The summed E-state index contributed by atoms with van der Waals surface area (Å²) in [6, 6.07) is 54.4. The van der Waals surface area contributed by atoms with Crippen LogP contribution in [0.25, 0.3) is 99.9 Å². The molecule has 0 saturated heterocycles. The van der Waals surface area contributed by atoms with Crippen molar-refractivity contribution in [3.63, 3.8) is 0 Å². The van der Waals surface area contributed by atoms with Crippen molar-refractivity contribution in [3.05, 3.63) is 170 Å². The van der Waals surface area contributed by atoms with Crippen LogP contribution in [-0.4, -0.2) is 19.9 Å². The summed E-state index contributed by atoms with van der Waals surface area (Å²) in [5.41, 5.74) is 8.86. The van der Waals surface area contributed by atoms with Crippen molar-refractivity contribution in [3.8, 4) is 56.4 Å². The van der Waals surface area contributed by atoms with Gasteiger partial charge in [0.25, 0.3) is 0 Å². The third-order valence-corrected chi connectivity index (χ3v) is 9.60. The standard InChI is InChI=1S/C46H28N4O/c1-3-9-31(10-4-1)44-48-45(32-11-5-2-6-12-32)50-46(49-44)33-19-15-30(16-20-33)40-26-36(27-41-38-13-7-8-14-42(38)51-43(40)41)34-21-17-29-18-22-35-28-47-24-23-37(35)39(29)25-34/h1-28H. The molecule has 3 aromatic heterocycles. The Morgan fingerprint density at radius 1 is 0.373 bits per heavy atom. The molecule has 5 nitrogen and oxygen atoms in total. The molecule has 0 aliphatic heterocycles. The summed E-state index contributed by atoms with van der Waals surface area (Å²) in [7, 11) is 0. The SMILES string of the molecule is c1ccc(-c2nc(-c3ccccc3)nc(-c3ccc(-c4cc(-c5ccc6ccc7cnccc7c6c5)cc5c4oc4ccccc45)cc3)n2)cc1. The summed E-state index contributed by atoms with van der Waals surface area (Å²) < 4.78 is 6.56. The van der Waals surface area contributed by atoms with Crippen molar-refractivity contribution < 1.29 is 4.42 Å². The highest BCUT2D eigenvalue weighted by molar-refractivity contribution is 6.12. The minimum Gasteiger partial charge on any atom is -0.455 e. The van der Waals surface area contributed by atoms with Gasteiger partial charge in [0.2, 0.25) is 0 Å². The number of hydrogen-bond acceptors (Lipinski definition) is 5. The summed E-state index contributed by atoms with van der Waals surface area (Å²) >= 11 is 0. The molecule has 7 aromatic carbocycles. The lowest BCUT2D eigenvalue weighted by atomic mass is 9.93. The number of furan rings is 1. The maximum Gasteiger partial charge on any atom is 0.164 e. The highest BCUT2D eigenvalue weighted by Gasteiger charge is 2.17. The number of rotatable bonds is 5. The van der Waals surface area contributed by atoms with Crippen LogP contribution in [0.5, 0.6) is 0 Å². The van der Waals surface area contributed by atoms with Crippen LogP contribution in [0.2, 0.25) is 0 Å². The van der Waals surface area contributed by atoms with E-state index in [1.807, 2.05) is 85.2 Å². The van der Waals surface area contributed by atoms with Crippen molar-refractivity contribution in [2.24, 2.45) is 0 Å². The number of aromatic nitrogens is 4. The second-order valence-electron chi connectivity index (χ2n) is 12.7. The van der Waals surface area contributed by atoms with Gasteiger partial charge in [0, 0.05) is 50.8 Å². The van der Waals surface area contributed by atoms with Crippen molar-refractivity contribution in [2.45, 2.75) is 0 Å². The second kappa shape index (κ2) is 11.9. The largest absolute Gasteiger partial charge is 0.455 e. The van der Waals surface area contributed by atoms with E-state index in [9.17, 15) is 0 Å². The molecule has 0 atom stereocenters. The van der Waals surface area contributed by atoms with Crippen LogP contribution in [0.4, 0.5) is 0 Å². The van der Waals surface area contributed by atoms with Gasteiger partial charge in [0.05, 0.1) is 0 Å². The minimum atomic E-state index is 0.621. The number of pyridine rings is 1. The molecule has 0 aliphatic rings. The Balaban J connectivity index is 1.12. The predicted octanol–water partition coefficient (Wildman–Crippen LogP) is 11.8. The number of para-hydroxylation sites is 1. The Bertz CT molecular complexity index is 2840. The fourth-order valence-electron chi connectivity index (χ4n) is 7.02. The molecule has 5 heteroatoms. The number of hydrogen-bond donors (Lipinski definition) is 0. The smallest absolute Gasteiger partial charge is 0.164 e. The minimum absolute atomic E-state index is 0.621. The van der Waals surface area contributed by atoms with E-state index in [2.05, 4.69) is 89.9 Å². The fraction of sp³-hybridized carbons (Fsp3) is 0. The van der Waals surface area contributed by atoms with Crippen molar-refractivity contribution in [2.75, 3.05) is 0 Å². The summed E-state index contributed by atoms with van der Waals surface area (Å²) in [6.45, 7) is 0. The Morgan fingerprint density at radius 3 is 1.67 bits per heavy atom. The first-order valence-electron chi connectivity index (χ1n) is 17.0. The molecule has 0 bridgehead atoms. The van der Waals surface area contributed by atoms with Gasteiger partial charge in [-0.15, -0.1) is 0 Å². The zero-order valence-electron chi connectivity index (χ0n) is 27.4. The first kappa shape index (κ1) is 29.0. The van der Waals surface area contributed by atoms with Crippen LogP contribution in [0.1, 0.15) is 0 Å². The molecule has 0 saturated carbocycles. The Hall–Kier alpha value is -6.98. The van der Waals surface area contributed by atoms with E-state index in [1.165, 1.54) is 16.2 Å². The average molecular weight is 653 g/mol. The van der Waals surface area contributed by atoms with Gasteiger partial charge in [-0.1, -0.05) is 127 Å². The number of nitrogens with zero attached hydrogens (tertiary/aromatic N) is 4. The quantitative estimate of drug-likeness (QED) is 0.173. The normalized spacial score (nSPS) is 11.5. The third kappa shape index (κ3) is 5.11. The number of benzene rings is 7. The molecule has 0 amide bonds. The Kier molecular flexibility index (Phi) is 6.74. The first-order chi connectivity index (χ1) is 25.2. The topological polar surface area (TPSA) is 64.7 Å². The molecular formula is C46H28N4O. The average Bonchev–Trinajstić information content (AvgIpc) is 3.59. The molecule has 0 fully saturated rings. The lowest BCUT2D eigenvalue weighted by molar-refractivity contribution is 0.670. The fourth-order valence-corrected chi connectivity index (χ4v) is 7.02. The molecule has 0 N–H and O–H groups in total. The van der Waals surface area contributed by atoms with Gasteiger partial charge in [0.1, 0.15) is 11.2 Å². The van der Waals surface area contributed by atoms with Crippen LogP contribution in [0, 0.1) is 0 Å². The molecule has 0 spiro atoms. The van der Waals surface area contributed by atoms with E-state index in [0.717, 1.165) is 66.3 Å². The zero-order chi connectivity index (χ0) is 33.7. The van der Waals surface area contributed by atoms with Crippen LogP contribution in [0.3, 0.4) is 0 Å². The lowest BCUT2D eigenvalue weighted by Gasteiger charge is -2.11. The predicted molar refractivity (Wildman–Crippen MR) is 207 cm³/mol. The van der Waals surface area contributed by atoms with E-state index in [4.69, 9.17) is 19.4 Å².